The molecule has 8 nitrogen and oxygen atoms in total. The van der Waals surface area contributed by atoms with Gasteiger partial charge in [0, 0.05) is 22.7 Å². The van der Waals surface area contributed by atoms with Gasteiger partial charge in [-0.25, -0.2) is 26.6 Å². The van der Waals surface area contributed by atoms with Gasteiger partial charge in [-0.1, -0.05) is 25.3 Å². The van der Waals surface area contributed by atoms with Crippen LogP contribution in [-0.2, 0) is 29.4 Å². The summed E-state index contributed by atoms with van der Waals surface area (Å²) in [7, 11) is -6.92. The SMILES string of the molecule is C=CS(=O)(=O)CCC(OO)C1C2C=CC(C2)C1C(CCS(=O)(=O)C=C)OO. The summed E-state index contributed by atoms with van der Waals surface area (Å²) < 4.78 is 46.8. The molecule has 1 saturated carbocycles. The van der Waals surface area contributed by atoms with Crippen molar-refractivity contribution in [2.24, 2.45) is 23.7 Å². The summed E-state index contributed by atoms with van der Waals surface area (Å²) in [6.45, 7) is 6.53. The summed E-state index contributed by atoms with van der Waals surface area (Å²) in [6.07, 6.45) is 3.22. The summed E-state index contributed by atoms with van der Waals surface area (Å²) in [5.74, 6) is -1.04. The minimum atomic E-state index is -3.46. The fraction of sp³-hybridized carbons (Fsp3) is 0.647. The summed E-state index contributed by atoms with van der Waals surface area (Å²) >= 11 is 0. The molecule has 0 saturated heterocycles. The van der Waals surface area contributed by atoms with Gasteiger partial charge in [-0.15, -0.1) is 0 Å². The molecule has 0 amide bonds. The van der Waals surface area contributed by atoms with Crippen LogP contribution in [-0.4, -0.2) is 51.1 Å². The van der Waals surface area contributed by atoms with E-state index in [9.17, 15) is 27.4 Å². The molecular weight excluding hydrogens is 396 g/mol. The highest BCUT2D eigenvalue weighted by Crippen LogP contribution is 2.52. The predicted molar refractivity (Wildman–Crippen MR) is 99.9 cm³/mol. The fourth-order valence-electron chi connectivity index (χ4n) is 4.30. The quantitative estimate of drug-likeness (QED) is 0.278. The monoisotopic (exact) mass is 422 g/mol. The molecule has 154 valence electrons. The molecular formula is C17H26O8S2. The average molecular weight is 423 g/mol. The van der Waals surface area contributed by atoms with E-state index in [-0.39, 0.29) is 48.0 Å². The van der Waals surface area contributed by atoms with Crippen LogP contribution in [0.15, 0.2) is 36.1 Å². The Hall–Kier alpha value is -1.04. The van der Waals surface area contributed by atoms with E-state index < -0.39 is 31.9 Å². The third-order valence-electron chi connectivity index (χ3n) is 5.59. The van der Waals surface area contributed by atoms with E-state index >= 15 is 0 Å². The molecule has 0 aromatic heterocycles. The van der Waals surface area contributed by atoms with Crippen LogP contribution in [0.2, 0.25) is 0 Å². The molecule has 0 aromatic rings. The molecule has 6 unspecified atom stereocenters. The Bertz CT molecular complexity index is 707. The zero-order valence-electron chi connectivity index (χ0n) is 14.9. The van der Waals surface area contributed by atoms with Crippen molar-refractivity contribution in [3.63, 3.8) is 0 Å². The third kappa shape index (κ3) is 5.27. The number of rotatable bonds is 12. The standard InChI is InChI=1S/C17H26O8S2/c1-3-26(20,21)9-7-14(24-18)16-12-5-6-13(11-12)17(16)15(25-19)8-10-27(22,23)4-2/h3-6,12-19H,1-2,7-11H2. The van der Waals surface area contributed by atoms with Crippen LogP contribution in [0.4, 0.5) is 0 Å². The first kappa shape index (κ1) is 22.3. The zero-order valence-corrected chi connectivity index (χ0v) is 16.5. The maximum absolute atomic E-state index is 11.7. The third-order valence-corrected chi connectivity index (χ3v) is 8.22. The maximum atomic E-state index is 11.7. The summed E-state index contributed by atoms with van der Waals surface area (Å²) in [5.41, 5.74) is 0. The van der Waals surface area contributed by atoms with Gasteiger partial charge in [-0.2, -0.15) is 0 Å². The molecule has 0 heterocycles. The number of hydrogen-bond acceptors (Lipinski definition) is 8. The molecule has 2 N–H and O–H groups in total. The van der Waals surface area contributed by atoms with Gasteiger partial charge in [0.15, 0.2) is 19.7 Å². The van der Waals surface area contributed by atoms with Crippen LogP contribution in [0.5, 0.6) is 0 Å². The zero-order chi connectivity index (χ0) is 20.2. The van der Waals surface area contributed by atoms with Crippen LogP contribution in [0.1, 0.15) is 19.3 Å². The van der Waals surface area contributed by atoms with Crippen LogP contribution < -0.4 is 0 Å². The van der Waals surface area contributed by atoms with Gasteiger partial charge in [0.2, 0.25) is 0 Å². The normalized spacial score (nSPS) is 29.6. The Balaban J connectivity index is 2.18. The van der Waals surface area contributed by atoms with E-state index in [4.69, 9.17) is 0 Å². The molecule has 6 atom stereocenters. The average Bonchev–Trinajstić information content (AvgIpc) is 3.25. The minimum absolute atomic E-state index is 0.0252. The molecule has 2 rings (SSSR count). The van der Waals surface area contributed by atoms with E-state index in [1.807, 2.05) is 12.2 Å². The van der Waals surface area contributed by atoms with E-state index in [1.165, 1.54) is 0 Å². The first-order valence-electron chi connectivity index (χ1n) is 8.67. The molecule has 0 spiro atoms. The van der Waals surface area contributed by atoms with E-state index in [1.54, 1.807) is 0 Å². The van der Waals surface area contributed by atoms with Crippen molar-refractivity contribution < 1.29 is 37.1 Å². The fourth-order valence-corrected chi connectivity index (χ4v) is 5.76. The second-order valence-corrected chi connectivity index (χ2v) is 11.2. The molecule has 0 radical (unpaired) electrons. The predicted octanol–water partition coefficient (Wildman–Crippen LogP) is 2.04. The molecule has 1 fully saturated rings. The van der Waals surface area contributed by atoms with Crippen LogP contribution in [0.3, 0.4) is 0 Å². The van der Waals surface area contributed by atoms with Crippen LogP contribution in [0.25, 0.3) is 0 Å². The molecule has 2 aliphatic carbocycles. The smallest absolute Gasteiger partial charge is 0.171 e. The number of hydrogen-bond donors (Lipinski definition) is 2. The van der Waals surface area contributed by atoms with Gasteiger partial charge in [0.25, 0.3) is 0 Å². The van der Waals surface area contributed by atoms with Crippen molar-refractivity contribution in [2.45, 2.75) is 31.5 Å². The Kier molecular flexibility index (Phi) is 7.40. The molecule has 27 heavy (non-hydrogen) atoms. The highest BCUT2D eigenvalue weighted by molar-refractivity contribution is 7.94. The van der Waals surface area contributed by atoms with Crippen molar-refractivity contribution in [2.75, 3.05) is 11.5 Å². The topological polar surface area (TPSA) is 127 Å². The van der Waals surface area contributed by atoms with Crippen molar-refractivity contribution in [3.05, 3.63) is 36.1 Å². The minimum Gasteiger partial charge on any atom is -0.252 e. The van der Waals surface area contributed by atoms with Gasteiger partial charge in [-0.05, 0) is 31.1 Å². The van der Waals surface area contributed by atoms with Gasteiger partial charge in [-0.3, -0.25) is 10.5 Å². The highest BCUT2D eigenvalue weighted by Gasteiger charge is 2.52. The Morgan fingerprint density at radius 1 is 0.889 bits per heavy atom. The Morgan fingerprint density at radius 3 is 1.56 bits per heavy atom. The summed E-state index contributed by atoms with van der Waals surface area (Å²) in [4.78, 5) is 9.23. The highest BCUT2D eigenvalue weighted by atomic mass is 32.2. The first-order chi connectivity index (χ1) is 12.7. The number of allylic oxidation sites excluding steroid dienone is 2. The lowest BCUT2D eigenvalue weighted by Crippen LogP contribution is -2.41. The lowest BCUT2D eigenvalue weighted by molar-refractivity contribution is -0.317. The molecule has 2 bridgehead atoms. The number of fused-ring (bicyclic) bond motifs is 2. The molecule has 0 aromatic carbocycles. The van der Waals surface area contributed by atoms with Crippen molar-refractivity contribution in [1.82, 2.24) is 0 Å². The Labute approximate surface area is 159 Å². The Morgan fingerprint density at radius 2 is 1.26 bits per heavy atom. The van der Waals surface area contributed by atoms with E-state index in [2.05, 4.69) is 22.9 Å². The van der Waals surface area contributed by atoms with Gasteiger partial charge < -0.3 is 0 Å². The lowest BCUT2D eigenvalue weighted by Gasteiger charge is -2.36. The van der Waals surface area contributed by atoms with Crippen molar-refractivity contribution >= 4 is 19.7 Å². The van der Waals surface area contributed by atoms with Gasteiger partial charge >= 0.3 is 0 Å². The number of sulfone groups is 2. The largest absolute Gasteiger partial charge is 0.252 e. The molecule has 0 aliphatic heterocycles. The first-order valence-corrected chi connectivity index (χ1v) is 12.1. The van der Waals surface area contributed by atoms with Gasteiger partial charge in [0.1, 0.15) is 0 Å². The van der Waals surface area contributed by atoms with Crippen LogP contribution in [0, 0.1) is 23.7 Å². The molecule has 2 aliphatic rings. The van der Waals surface area contributed by atoms with E-state index in [0.29, 0.717) is 0 Å². The van der Waals surface area contributed by atoms with Crippen molar-refractivity contribution in [1.29, 1.82) is 0 Å². The van der Waals surface area contributed by atoms with Crippen LogP contribution >= 0.6 is 0 Å². The lowest BCUT2D eigenvalue weighted by atomic mass is 9.75. The van der Waals surface area contributed by atoms with E-state index in [0.717, 1.165) is 17.2 Å². The maximum Gasteiger partial charge on any atom is 0.171 e. The summed E-state index contributed by atoms with van der Waals surface area (Å²) in [6, 6.07) is 0. The second-order valence-electron chi connectivity index (χ2n) is 7.04. The van der Waals surface area contributed by atoms with Gasteiger partial charge in [0.05, 0.1) is 23.7 Å². The molecule has 10 heteroatoms. The van der Waals surface area contributed by atoms with Crippen molar-refractivity contribution in [3.8, 4) is 0 Å². The summed E-state index contributed by atoms with van der Waals surface area (Å²) in [5, 5.41) is 20.5. The second kappa shape index (κ2) is 8.97.